The normalized spacial score (nSPS) is 27.3. The van der Waals surface area contributed by atoms with Gasteiger partial charge in [-0.05, 0) is 49.3 Å². The molecule has 2 aliphatic rings. The van der Waals surface area contributed by atoms with Crippen molar-refractivity contribution in [3.63, 3.8) is 0 Å². The van der Waals surface area contributed by atoms with Crippen molar-refractivity contribution in [3.05, 3.63) is 41.5 Å². The summed E-state index contributed by atoms with van der Waals surface area (Å²) in [6.07, 6.45) is 6.43. The number of aliphatic hydroxyl groups is 1. The van der Waals surface area contributed by atoms with Gasteiger partial charge in [-0.25, -0.2) is 0 Å². The number of benzene rings is 1. The summed E-state index contributed by atoms with van der Waals surface area (Å²) >= 11 is 0. The number of amides is 3. The quantitative estimate of drug-likeness (QED) is 0.469. The molecule has 0 radical (unpaired) electrons. The second-order valence-corrected chi connectivity index (χ2v) is 10.2. The Balaban J connectivity index is 2.09. The molecular weight excluding hydrogens is 442 g/mol. The summed E-state index contributed by atoms with van der Waals surface area (Å²) < 4.78 is 0. The van der Waals surface area contributed by atoms with E-state index in [2.05, 4.69) is 17.6 Å². The number of carbonyl (C=O) groups excluding carboxylic acids is 3. The first-order chi connectivity index (χ1) is 16.7. The maximum absolute atomic E-state index is 14.1. The van der Waals surface area contributed by atoms with Crippen LogP contribution in [0.15, 0.2) is 30.4 Å². The highest BCUT2D eigenvalue weighted by Crippen LogP contribution is 2.46. The summed E-state index contributed by atoms with van der Waals surface area (Å²) in [5.41, 5.74) is 2.67. The Morgan fingerprint density at radius 3 is 2.46 bits per heavy atom. The third-order valence-electron chi connectivity index (χ3n) is 7.98. The van der Waals surface area contributed by atoms with Crippen LogP contribution in [0.3, 0.4) is 0 Å². The first-order valence-corrected chi connectivity index (χ1v) is 12.9. The summed E-state index contributed by atoms with van der Waals surface area (Å²) in [6, 6.07) is 4.56. The zero-order valence-electron chi connectivity index (χ0n) is 21.9. The lowest BCUT2D eigenvalue weighted by Gasteiger charge is -2.36. The Labute approximate surface area is 209 Å². The lowest BCUT2D eigenvalue weighted by atomic mass is 9.68. The predicted molar refractivity (Wildman–Crippen MR) is 138 cm³/mol. The SMILES string of the molecule is CCC[C@@H]1C=C[C@H]2[C@H](C(=O)N([C@@H](CO)[C@@H](C)CC)[C@@H]2C(=O)Nc2cc(C)ccc2C)[C@@H]1C(=O)NC. The molecule has 7 atom stereocenters. The van der Waals surface area contributed by atoms with E-state index in [1.165, 1.54) is 0 Å². The first kappa shape index (κ1) is 26.9. The van der Waals surface area contributed by atoms with Crippen molar-refractivity contribution in [2.24, 2.45) is 29.6 Å². The predicted octanol–water partition coefficient (Wildman–Crippen LogP) is 3.44. The highest BCUT2D eigenvalue weighted by molar-refractivity contribution is 6.02. The van der Waals surface area contributed by atoms with Crippen LogP contribution < -0.4 is 10.6 Å². The fourth-order valence-corrected chi connectivity index (χ4v) is 5.83. The van der Waals surface area contributed by atoms with Crippen LogP contribution >= 0.6 is 0 Å². The van der Waals surface area contributed by atoms with E-state index in [4.69, 9.17) is 0 Å². The van der Waals surface area contributed by atoms with Crippen LogP contribution in [-0.2, 0) is 14.4 Å². The Bertz CT molecular complexity index is 975. The van der Waals surface area contributed by atoms with Crippen LogP contribution in [0.5, 0.6) is 0 Å². The van der Waals surface area contributed by atoms with Crippen molar-refractivity contribution in [1.82, 2.24) is 10.2 Å². The van der Waals surface area contributed by atoms with Crippen molar-refractivity contribution in [2.75, 3.05) is 19.0 Å². The average molecular weight is 484 g/mol. The Kier molecular flexibility index (Phi) is 8.75. The average Bonchev–Trinajstić information content (AvgIpc) is 3.13. The Hall–Kier alpha value is -2.67. The summed E-state index contributed by atoms with van der Waals surface area (Å²) in [4.78, 5) is 42.6. The van der Waals surface area contributed by atoms with Gasteiger partial charge in [0.25, 0.3) is 0 Å². The fourth-order valence-electron chi connectivity index (χ4n) is 5.83. The fraction of sp³-hybridized carbons (Fsp3) is 0.607. The number of rotatable bonds is 9. The summed E-state index contributed by atoms with van der Waals surface area (Å²) in [5, 5.41) is 16.2. The number of likely N-dealkylation sites (tertiary alicyclic amines) is 1. The van der Waals surface area contributed by atoms with Gasteiger partial charge in [0.05, 0.1) is 24.5 Å². The molecule has 3 N–H and O–H groups in total. The number of carbonyl (C=O) groups is 3. The van der Waals surface area contributed by atoms with Gasteiger partial charge in [-0.3, -0.25) is 14.4 Å². The molecule has 3 rings (SSSR count). The molecule has 1 saturated heterocycles. The second kappa shape index (κ2) is 11.4. The smallest absolute Gasteiger partial charge is 0.247 e. The molecule has 192 valence electrons. The highest BCUT2D eigenvalue weighted by Gasteiger charge is 2.58. The number of hydrogen-bond acceptors (Lipinski definition) is 4. The summed E-state index contributed by atoms with van der Waals surface area (Å²) in [6.45, 7) is 9.73. The van der Waals surface area contributed by atoms with E-state index in [-0.39, 0.29) is 36.2 Å². The van der Waals surface area contributed by atoms with Crippen molar-refractivity contribution >= 4 is 23.4 Å². The number of nitrogens with zero attached hydrogens (tertiary/aromatic N) is 1. The number of aryl methyl sites for hydroxylation is 2. The highest BCUT2D eigenvalue weighted by atomic mass is 16.3. The van der Waals surface area contributed by atoms with E-state index in [1.807, 2.05) is 58.0 Å². The van der Waals surface area contributed by atoms with Crippen molar-refractivity contribution in [2.45, 2.75) is 66.0 Å². The Morgan fingerprint density at radius 2 is 1.86 bits per heavy atom. The van der Waals surface area contributed by atoms with Gasteiger partial charge in [-0.15, -0.1) is 0 Å². The van der Waals surface area contributed by atoms with E-state index in [0.717, 1.165) is 30.4 Å². The molecule has 0 spiro atoms. The standard InChI is InChI=1S/C28H41N3O4/c1-7-9-19-12-13-20-24(23(19)26(33)29-6)28(35)31(22(15-32)17(4)8-2)25(20)27(34)30-21-14-16(3)10-11-18(21)5/h10-14,17,19-20,22-25,32H,7-9,15H2,1-6H3,(H,29,33)(H,30,34)/t17-,19+,20-,22-,23+,24-,25-/m0/s1. The monoisotopic (exact) mass is 483 g/mol. The lowest BCUT2D eigenvalue weighted by Crippen LogP contribution is -2.52. The Morgan fingerprint density at radius 1 is 1.14 bits per heavy atom. The first-order valence-electron chi connectivity index (χ1n) is 12.9. The van der Waals surface area contributed by atoms with Gasteiger partial charge < -0.3 is 20.6 Å². The van der Waals surface area contributed by atoms with Crippen LogP contribution in [0.2, 0.25) is 0 Å². The molecule has 35 heavy (non-hydrogen) atoms. The maximum Gasteiger partial charge on any atom is 0.247 e. The zero-order chi connectivity index (χ0) is 25.9. The molecule has 0 aromatic heterocycles. The number of anilines is 1. The number of aliphatic hydroxyl groups excluding tert-OH is 1. The molecule has 1 fully saturated rings. The van der Waals surface area contributed by atoms with Crippen LogP contribution in [0.1, 0.15) is 51.2 Å². The van der Waals surface area contributed by atoms with Crippen molar-refractivity contribution in [3.8, 4) is 0 Å². The number of fused-ring (bicyclic) bond motifs is 1. The number of allylic oxidation sites excluding steroid dienone is 1. The molecule has 1 aliphatic carbocycles. The molecule has 7 nitrogen and oxygen atoms in total. The van der Waals surface area contributed by atoms with Gasteiger partial charge in [0.2, 0.25) is 17.7 Å². The molecule has 1 heterocycles. The van der Waals surface area contributed by atoms with Crippen LogP contribution in [0.25, 0.3) is 0 Å². The molecular formula is C28H41N3O4. The zero-order valence-corrected chi connectivity index (χ0v) is 21.9. The van der Waals surface area contributed by atoms with Gasteiger partial charge >= 0.3 is 0 Å². The van der Waals surface area contributed by atoms with Gasteiger partial charge in [-0.1, -0.05) is 57.9 Å². The molecule has 1 aromatic carbocycles. The van der Waals surface area contributed by atoms with Crippen LogP contribution in [-0.4, -0.2) is 53.5 Å². The third kappa shape index (κ3) is 5.15. The molecule has 7 heteroatoms. The molecule has 1 aromatic rings. The lowest BCUT2D eigenvalue weighted by molar-refractivity contribution is -0.143. The maximum atomic E-state index is 14.1. The second-order valence-electron chi connectivity index (χ2n) is 10.2. The minimum Gasteiger partial charge on any atom is -0.394 e. The van der Waals surface area contributed by atoms with E-state index >= 15 is 0 Å². The van der Waals surface area contributed by atoms with Crippen LogP contribution in [0, 0.1) is 43.4 Å². The van der Waals surface area contributed by atoms with Crippen molar-refractivity contribution in [1.29, 1.82) is 0 Å². The van der Waals surface area contributed by atoms with Crippen LogP contribution in [0.4, 0.5) is 5.69 Å². The molecule has 0 saturated carbocycles. The molecule has 0 bridgehead atoms. The van der Waals surface area contributed by atoms with Gasteiger partial charge in [0.15, 0.2) is 0 Å². The van der Waals surface area contributed by atoms with E-state index in [1.54, 1.807) is 11.9 Å². The molecule has 3 amide bonds. The largest absolute Gasteiger partial charge is 0.394 e. The summed E-state index contributed by atoms with van der Waals surface area (Å²) in [7, 11) is 1.59. The van der Waals surface area contributed by atoms with Gasteiger partial charge in [-0.2, -0.15) is 0 Å². The summed E-state index contributed by atoms with van der Waals surface area (Å²) in [5.74, 6) is -2.36. The van der Waals surface area contributed by atoms with E-state index < -0.39 is 29.8 Å². The minimum absolute atomic E-state index is 0.00558. The molecule has 1 aliphatic heterocycles. The number of nitrogens with one attached hydrogen (secondary N) is 2. The van der Waals surface area contributed by atoms with Gasteiger partial charge in [0.1, 0.15) is 6.04 Å². The number of hydrogen-bond donors (Lipinski definition) is 3. The topological polar surface area (TPSA) is 98.7 Å². The van der Waals surface area contributed by atoms with E-state index in [9.17, 15) is 19.5 Å². The van der Waals surface area contributed by atoms with E-state index in [0.29, 0.717) is 5.69 Å². The molecule has 0 unspecified atom stereocenters. The minimum atomic E-state index is -0.801. The van der Waals surface area contributed by atoms with Crippen molar-refractivity contribution < 1.29 is 19.5 Å². The third-order valence-corrected chi connectivity index (χ3v) is 7.98. The van der Waals surface area contributed by atoms with Gasteiger partial charge in [0, 0.05) is 18.7 Å².